The van der Waals surface area contributed by atoms with Crippen LogP contribution in [0.4, 0.5) is 5.69 Å². The van der Waals surface area contributed by atoms with E-state index in [1.54, 1.807) is 0 Å². The maximum absolute atomic E-state index is 12.4. The predicted molar refractivity (Wildman–Crippen MR) is 100 cm³/mol. The van der Waals surface area contributed by atoms with Crippen molar-refractivity contribution in [1.82, 2.24) is 4.90 Å². The zero-order chi connectivity index (χ0) is 18.9. The van der Waals surface area contributed by atoms with E-state index < -0.39 is 10.8 Å². The summed E-state index contributed by atoms with van der Waals surface area (Å²) in [6.45, 7) is 2.60. The van der Waals surface area contributed by atoms with Gasteiger partial charge in [-0.2, -0.15) is 0 Å². The first-order valence-corrected chi connectivity index (χ1v) is 9.71. The molecule has 1 aliphatic rings. The van der Waals surface area contributed by atoms with Crippen LogP contribution >= 0.6 is 0 Å². The van der Waals surface area contributed by atoms with Gasteiger partial charge >= 0.3 is 0 Å². The Labute approximate surface area is 154 Å². The van der Waals surface area contributed by atoms with Crippen molar-refractivity contribution >= 4 is 17.5 Å². The van der Waals surface area contributed by atoms with Gasteiger partial charge in [-0.15, -0.1) is 0 Å². The summed E-state index contributed by atoms with van der Waals surface area (Å²) < 4.78 is 0. The summed E-state index contributed by atoms with van der Waals surface area (Å²) in [5.41, 5.74) is 0.259. The van der Waals surface area contributed by atoms with Crippen LogP contribution in [0.2, 0.25) is 0 Å². The second-order valence-electron chi connectivity index (χ2n) is 6.93. The topological polar surface area (TPSA) is 80.5 Å². The van der Waals surface area contributed by atoms with Crippen LogP contribution in [-0.4, -0.2) is 28.2 Å². The molecule has 0 N–H and O–H groups in total. The Morgan fingerprint density at radius 2 is 1.38 bits per heavy atom. The minimum Gasteiger partial charge on any atom is -0.274 e. The Hall–Kier alpha value is -2.24. The van der Waals surface area contributed by atoms with E-state index in [0.717, 1.165) is 19.3 Å². The molecule has 2 amide bonds. The number of fused-ring (bicyclic) bond motifs is 1. The Kier molecular flexibility index (Phi) is 7.75. The minimum atomic E-state index is -0.553. The number of non-ortho nitro benzene ring substituents is 1. The normalized spacial score (nSPS) is 13.3. The van der Waals surface area contributed by atoms with Crippen molar-refractivity contribution in [3.05, 3.63) is 39.4 Å². The van der Waals surface area contributed by atoms with E-state index in [1.807, 2.05) is 0 Å². The standard InChI is InChI=1S/C20H28N2O4/c1-2-3-4-5-6-7-8-9-10-11-14-21-19(23)17-13-12-16(22(25)26)15-18(17)20(21)24/h12-13,15H,2-11,14H2,1H3. The number of nitro groups is 1. The van der Waals surface area contributed by atoms with Crippen molar-refractivity contribution in [2.75, 3.05) is 6.54 Å². The molecule has 26 heavy (non-hydrogen) atoms. The van der Waals surface area contributed by atoms with Crippen LogP contribution in [0.5, 0.6) is 0 Å². The molecular formula is C20H28N2O4. The van der Waals surface area contributed by atoms with Gasteiger partial charge in [0.2, 0.25) is 0 Å². The SMILES string of the molecule is CCCCCCCCCCCCN1C(=O)c2ccc([N+](=O)[O-])cc2C1=O. The lowest BCUT2D eigenvalue weighted by molar-refractivity contribution is -0.384. The smallest absolute Gasteiger partial charge is 0.270 e. The number of hydrogen-bond donors (Lipinski definition) is 0. The highest BCUT2D eigenvalue weighted by molar-refractivity contribution is 6.21. The van der Waals surface area contributed by atoms with Crippen LogP contribution in [0, 0.1) is 10.1 Å². The molecule has 1 heterocycles. The number of nitro benzene ring substituents is 1. The molecule has 142 valence electrons. The lowest BCUT2D eigenvalue weighted by Crippen LogP contribution is -2.30. The van der Waals surface area contributed by atoms with E-state index in [1.165, 1.54) is 68.0 Å². The molecule has 0 spiro atoms. The van der Waals surface area contributed by atoms with Crippen LogP contribution in [0.1, 0.15) is 91.8 Å². The number of nitrogens with zero attached hydrogens (tertiary/aromatic N) is 2. The number of imide groups is 1. The third kappa shape index (κ3) is 5.13. The molecule has 0 radical (unpaired) electrons. The van der Waals surface area contributed by atoms with Gasteiger partial charge in [0.1, 0.15) is 0 Å². The largest absolute Gasteiger partial charge is 0.274 e. The van der Waals surface area contributed by atoms with Crippen molar-refractivity contribution < 1.29 is 14.5 Å². The number of unbranched alkanes of at least 4 members (excludes halogenated alkanes) is 9. The fourth-order valence-electron chi connectivity index (χ4n) is 3.35. The third-order valence-electron chi connectivity index (χ3n) is 4.90. The minimum absolute atomic E-state index is 0.149. The summed E-state index contributed by atoms with van der Waals surface area (Å²) in [4.78, 5) is 36.2. The molecule has 0 aromatic heterocycles. The van der Waals surface area contributed by atoms with Crippen molar-refractivity contribution in [3.8, 4) is 0 Å². The van der Waals surface area contributed by atoms with Gasteiger partial charge in [-0.3, -0.25) is 24.6 Å². The van der Waals surface area contributed by atoms with Gasteiger partial charge in [0.15, 0.2) is 0 Å². The number of carbonyl (C=O) groups is 2. The third-order valence-corrected chi connectivity index (χ3v) is 4.90. The highest BCUT2D eigenvalue weighted by Crippen LogP contribution is 2.27. The first-order chi connectivity index (χ1) is 12.6. The van der Waals surface area contributed by atoms with Crippen molar-refractivity contribution in [3.63, 3.8) is 0 Å². The molecule has 6 nitrogen and oxygen atoms in total. The van der Waals surface area contributed by atoms with E-state index in [4.69, 9.17) is 0 Å². The summed E-state index contributed by atoms with van der Waals surface area (Å²) in [6, 6.07) is 3.86. The molecule has 2 rings (SSSR count). The summed E-state index contributed by atoms with van der Waals surface area (Å²) in [5.74, 6) is -0.750. The van der Waals surface area contributed by atoms with Gasteiger partial charge in [0.25, 0.3) is 17.5 Å². The van der Waals surface area contributed by atoms with Crippen LogP contribution < -0.4 is 0 Å². The molecule has 0 atom stereocenters. The molecule has 0 saturated carbocycles. The summed E-state index contributed by atoms with van der Waals surface area (Å²) >= 11 is 0. The van der Waals surface area contributed by atoms with Crippen LogP contribution in [0.3, 0.4) is 0 Å². The molecule has 0 fully saturated rings. The van der Waals surface area contributed by atoms with Crippen molar-refractivity contribution in [2.45, 2.75) is 71.1 Å². The lowest BCUT2D eigenvalue weighted by Gasteiger charge is -2.13. The van der Waals surface area contributed by atoms with E-state index in [0.29, 0.717) is 6.54 Å². The highest BCUT2D eigenvalue weighted by Gasteiger charge is 2.36. The molecule has 1 aromatic rings. The van der Waals surface area contributed by atoms with Crippen LogP contribution in [0.25, 0.3) is 0 Å². The number of hydrogen-bond acceptors (Lipinski definition) is 4. The summed E-state index contributed by atoms with van der Waals surface area (Å²) in [7, 11) is 0. The first kappa shape index (κ1) is 20.1. The van der Waals surface area contributed by atoms with Gasteiger partial charge in [-0.1, -0.05) is 64.7 Å². The molecule has 0 bridgehead atoms. The Morgan fingerprint density at radius 3 is 1.96 bits per heavy atom. The zero-order valence-electron chi connectivity index (χ0n) is 15.5. The van der Waals surface area contributed by atoms with E-state index in [-0.39, 0.29) is 22.7 Å². The molecule has 1 aliphatic heterocycles. The predicted octanol–water partition coefficient (Wildman–Crippen LogP) is 5.11. The summed E-state index contributed by atoms with van der Waals surface area (Å²) in [6.07, 6.45) is 11.9. The van der Waals surface area contributed by atoms with Gasteiger partial charge in [0, 0.05) is 18.7 Å². The van der Waals surface area contributed by atoms with Gasteiger partial charge in [-0.05, 0) is 12.5 Å². The van der Waals surface area contributed by atoms with Crippen molar-refractivity contribution in [1.29, 1.82) is 0 Å². The van der Waals surface area contributed by atoms with Crippen molar-refractivity contribution in [2.24, 2.45) is 0 Å². The number of benzene rings is 1. The quantitative estimate of drug-likeness (QED) is 0.224. The van der Waals surface area contributed by atoms with Gasteiger partial charge < -0.3 is 0 Å². The zero-order valence-corrected chi connectivity index (χ0v) is 15.5. The number of rotatable bonds is 12. The maximum atomic E-state index is 12.4. The molecule has 6 heteroatoms. The molecule has 1 aromatic carbocycles. The molecular weight excluding hydrogens is 332 g/mol. The maximum Gasteiger partial charge on any atom is 0.270 e. The first-order valence-electron chi connectivity index (χ1n) is 9.71. The average Bonchev–Trinajstić information content (AvgIpc) is 2.87. The van der Waals surface area contributed by atoms with E-state index >= 15 is 0 Å². The van der Waals surface area contributed by atoms with Crippen LogP contribution in [-0.2, 0) is 0 Å². The number of amides is 2. The van der Waals surface area contributed by atoms with E-state index in [9.17, 15) is 19.7 Å². The monoisotopic (exact) mass is 360 g/mol. The number of carbonyl (C=O) groups excluding carboxylic acids is 2. The van der Waals surface area contributed by atoms with Crippen LogP contribution in [0.15, 0.2) is 18.2 Å². The van der Waals surface area contributed by atoms with Gasteiger partial charge in [-0.25, -0.2) is 0 Å². The summed E-state index contributed by atoms with van der Waals surface area (Å²) in [5, 5.41) is 10.8. The fourth-order valence-corrected chi connectivity index (χ4v) is 3.35. The second-order valence-corrected chi connectivity index (χ2v) is 6.93. The Balaban J connectivity index is 1.70. The molecule has 0 unspecified atom stereocenters. The lowest BCUT2D eigenvalue weighted by atomic mass is 10.1. The van der Waals surface area contributed by atoms with Gasteiger partial charge in [0.05, 0.1) is 16.1 Å². The molecule has 0 saturated heterocycles. The average molecular weight is 360 g/mol. The second kappa shape index (κ2) is 10.0. The highest BCUT2D eigenvalue weighted by atomic mass is 16.6. The van der Waals surface area contributed by atoms with E-state index in [2.05, 4.69) is 6.92 Å². The Bertz CT molecular complexity index is 657. The Morgan fingerprint density at radius 1 is 0.846 bits per heavy atom. The fraction of sp³-hybridized carbons (Fsp3) is 0.600. The molecule has 0 aliphatic carbocycles.